The van der Waals surface area contributed by atoms with Gasteiger partial charge in [-0.25, -0.2) is 14.6 Å². The molecule has 0 spiro atoms. The lowest BCUT2D eigenvalue weighted by molar-refractivity contribution is -0.145. The summed E-state index contributed by atoms with van der Waals surface area (Å²) in [6, 6.07) is 12.0. The number of esters is 2. The van der Waals surface area contributed by atoms with Crippen LogP contribution < -0.4 is 24.4 Å². The van der Waals surface area contributed by atoms with E-state index in [-0.39, 0.29) is 25.4 Å². The molecule has 4 rings (SSSR count). The predicted octanol–water partition coefficient (Wildman–Crippen LogP) is 3.90. The van der Waals surface area contributed by atoms with Crippen molar-refractivity contribution in [2.75, 3.05) is 26.4 Å². The molecule has 210 valence electrons. The van der Waals surface area contributed by atoms with E-state index in [0.717, 1.165) is 10.0 Å². The monoisotopic (exact) mass is 628 g/mol. The third-order valence-corrected chi connectivity index (χ3v) is 7.37. The second kappa shape index (κ2) is 13.1. The third-order valence-electron chi connectivity index (χ3n) is 5.90. The summed E-state index contributed by atoms with van der Waals surface area (Å²) < 4.78 is 24.4. The van der Waals surface area contributed by atoms with E-state index in [1.54, 1.807) is 45.0 Å². The Morgan fingerprint density at radius 1 is 1.02 bits per heavy atom. The maximum Gasteiger partial charge on any atom is 0.344 e. The van der Waals surface area contributed by atoms with Gasteiger partial charge in [-0.15, -0.1) is 0 Å². The molecule has 0 radical (unpaired) electrons. The van der Waals surface area contributed by atoms with Crippen molar-refractivity contribution in [3.05, 3.63) is 89.0 Å². The van der Waals surface area contributed by atoms with Crippen LogP contribution in [0.1, 0.15) is 44.9 Å². The van der Waals surface area contributed by atoms with Crippen molar-refractivity contribution in [2.45, 2.75) is 33.7 Å². The Kier molecular flexibility index (Phi) is 9.59. The van der Waals surface area contributed by atoms with E-state index >= 15 is 0 Å². The number of allylic oxidation sites excluding steroid dienone is 1. The number of carbonyl (C=O) groups is 2. The minimum absolute atomic E-state index is 0.201. The molecule has 0 amide bonds. The fraction of sp³-hybridized carbons (Fsp3) is 0.310. The number of nitrogens with zero attached hydrogens (tertiary/aromatic N) is 2. The zero-order chi connectivity index (χ0) is 28.8. The number of halogens is 1. The van der Waals surface area contributed by atoms with Gasteiger partial charge in [0.25, 0.3) is 5.56 Å². The highest BCUT2D eigenvalue weighted by atomic mass is 79.9. The molecule has 1 atom stereocenters. The lowest BCUT2D eigenvalue weighted by atomic mass is 9.96. The standard InChI is InChI=1S/C29H29BrN2O7S/c1-5-36-22-13-18(11-12-21(22)39-16-24(33)37-6-2)14-23-27(34)32-26(19-9-8-10-20(30)15-19)25(28(35)38-7-3)17(4)31-29(32)40-23/h8-15,26H,5-7,16H2,1-4H3/b23-14-/t26-/m0/s1. The Morgan fingerprint density at radius 3 is 2.50 bits per heavy atom. The van der Waals surface area contributed by atoms with E-state index in [1.165, 1.54) is 15.9 Å². The number of fused-ring (bicyclic) bond motifs is 1. The van der Waals surface area contributed by atoms with Crippen molar-refractivity contribution in [3.8, 4) is 11.5 Å². The topological polar surface area (TPSA) is 105 Å². The van der Waals surface area contributed by atoms with Gasteiger partial charge in [0.2, 0.25) is 0 Å². The second-order valence-electron chi connectivity index (χ2n) is 8.59. The van der Waals surface area contributed by atoms with Crippen molar-refractivity contribution < 1.29 is 28.5 Å². The summed E-state index contributed by atoms with van der Waals surface area (Å²) in [5.74, 6) is -0.172. The molecule has 11 heteroatoms. The molecule has 0 N–H and O–H groups in total. The van der Waals surface area contributed by atoms with Crippen LogP contribution in [0.4, 0.5) is 0 Å². The van der Waals surface area contributed by atoms with Gasteiger partial charge in [-0.1, -0.05) is 45.5 Å². The van der Waals surface area contributed by atoms with Crippen LogP contribution in [0.15, 0.2) is 68.0 Å². The zero-order valence-corrected chi connectivity index (χ0v) is 25.0. The molecule has 0 aliphatic carbocycles. The summed E-state index contributed by atoms with van der Waals surface area (Å²) in [7, 11) is 0. The van der Waals surface area contributed by atoms with Crippen molar-refractivity contribution in [1.29, 1.82) is 0 Å². The molecular weight excluding hydrogens is 600 g/mol. The summed E-state index contributed by atoms with van der Waals surface area (Å²) in [6.45, 7) is 7.65. The largest absolute Gasteiger partial charge is 0.490 e. The Bertz CT molecular complexity index is 1640. The average Bonchev–Trinajstić information content (AvgIpc) is 3.22. The number of benzene rings is 2. The lowest BCUT2D eigenvalue weighted by Gasteiger charge is -2.24. The Hall–Kier alpha value is -3.70. The molecular formula is C29H29BrN2O7S. The number of aromatic nitrogens is 1. The summed E-state index contributed by atoms with van der Waals surface area (Å²) >= 11 is 4.73. The molecule has 3 aromatic rings. The first-order valence-corrected chi connectivity index (χ1v) is 14.4. The molecule has 0 saturated heterocycles. The number of hydrogen-bond donors (Lipinski definition) is 0. The normalized spacial score (nSPS) is 14.8. The zero-order valence-electron chi connectivity index (χ0n) is 22.6. The van der Waals surface area contributed by atoms with Crippen molar-refractivity contribution in [2.24, 2.45) is 4.99 Å². The van der Waals surface area contributed by atoms with Crippen LogP contribution in [-0.2, 0) is 19.1 Å². The smallest absolute Gasteiger partial charge is 0.344 e. The van der Waals surface area contributed by atoms with Crippen LogP contribution in [0, 0.1) is 0 Å². The molecule has 40 heavy (non-hydrogen) atoms. The minimum Gasteiger partial charge on any atom is -0.490 e. The maximum absolute atomic E-state index is 13.8. The molecule has 0 saturated carbocycles. The summed E-state index contributed by atoms with van der Waals surface area (Å²) in [5, 5.41) is 0. The average molecular weight is 630 g/mol. The molecule has 0 unspecified atom stereocenters. The lowest BCUT2D eigenvalue weighted by Crippen LogP contribution is -2.39. The highest BCUT2D eigenvalue weighted by molar-refractivity contribution is 9.10. The van der Waals surface area contributed by atoms with Gasteiger partial charge in [0.1, 0.15) is 0 Å². The number of hydrogen-bond acceptors (Lipinski definition) is 9. The van der Waals surface area contributed by atoms with E-state index in [1.807, 2.05) is 31.2 Å². The van der Waals surface area contributed by atoms with Crippen LogP contribution in [0.5, 0.6) is 11.5 Å². The van der Waals surface area contributed by atoms with E-state index in [9.17, 15) is 14.4 Å². The SMILES string of the molecule is CCOC(=O)COc1ccc(/C=c2\sc3n(c2=O)[C@@H](c2cccc(Br)c2)C(C(=O)OCC)=C(C)N=3)cc1OCC. The van der Waals surface area contributed by atoms with Crippen LogP contribution in [0.2, 0.25) is 0 Å². The number of ether oxygens (including phenoxy) is 4. The fourth-order valence-corrected chi connectivity index (χ4v) is 5.74. The number of rotatable bonds is 10. The highest BCUT2D eigenvalue weighted by Crippen LogP contribution is 2.32. The first-order valence-electron chi connectivity index (χ1n) is 12.8. The Morgan fingerprint density at radius 2 is 1.80 bits per heavy atom. The predicted molar refractivity (Wildman–Crippen MR) is 154 cm³/mol. The van der Waals surface area contributed by atoms with Gasteiger partial charge < -0.3 is 18.9 Å². The first-order chi connectivity index (χ1) is 19.3. The molecule has 1 aliphatic rings. The van der Waals surface area contributed by atoms with Crippen molar-refractivity contribution in [1.82, 2.24) is 4.57 Å². The van der Waals surface area contributed by atoms with Crippen LogP contribution >= 0.6 is 27.3 Å². The second-order valence-corrected chi connectivity index (χ2v) is 10.5. The molecule has 9 nitrogen and oxygen atoms in total. The minimum atomic E-state index is -0.701. The molecule has 0 bridgehead atoms. The van der Waals surface area contributed by atoms with Gasteiger partial charge in [-0.2, -0.15) is 0 Å². The Balaban J connectivity index is 1.80. The van der Waals surface area contributed by atoms with Crippen LogP contribution in [0.25, 0.3) is 6.08 Å². The van der Waals surface area contributed by atoms with Gasteiger partial charge in [0.05, 0.1) is 41.7 Å². The van der Waals surface area contributed by atoms with E-state index in [4.69, 9.17) is 18.9 Å². The van der Waals surface area contributed by atoms with Crippen LogP contribution in [0.3, 0.4) is 0 Å². The Labute approximate surface area is 243 Å². The quantitative estimate of drug-likeness (QED) is 0.314. The van der Waals surface area contributed by atoms with Gasteiger partial charge in [-0.05, 0) is 69.2 Å². The molecule has 2 heterocycles. The van der Waals surface area contributed by atoms with Gasteiger partial charge in [0.15, 0.2) is 22.9 Å². The number of carbonyl (C=O) groups excluding carboxylic acids is 2. The molecule has 1 aliphatic heterocycles. The summed E-state index contributed by atoms with van der Waals surface area (Å²) in [5.41, 5.74) is 1.97. The van der Waals surface area contributed by atoms with Gasteiger partial charge >= 0.3 is 11.9 Å². The maximum atomic E-state index is 13.8. The fourth-order valence-electron chi connectivity index (χ4n) is 4.28. The summed E-state index contributed by atoms with van der Waals surface area (Å²) in [4.78, 5) is 43.7. The van der Waals surface area contributed by atoms with Gasteiger partial charge in [0, 0.05) is 4.47 Å². The van der Waals surface area contributed by atoms with Crippen LogP contribution in [-0.4, -0.2) is 42.9 Å². The molecule has 1 aromatic heterocycles. The number of thiazole rings is 1. The van der Waals surface area contributed by atoms with E-state index in [2.05, 4.69) is 20.9 Å². The first kappa shape index (κ1) is 29.3. The van der Waals surface area contributed by atoms with Crippen molar-refractivity contribution in [3.63, 3.8) is 0 Å². The summed E-state index contributed by atoms with van der Waals surface area (Å²) in [6.07, 6.45) is 1.74. The molecule has 0 fully saturated rings. The van der Waals surface area contributed by atoms with E-state index in [0.29, 0.717) is 44.3 Å². The highest BCUT2D eigenvalue weighted by Gasteiger charge is 2.33. The third kappa shape index (κ3) is 6.37. The van der Waals surface area contributed by atoms with E-state index < -0.39 is 18.0 Å². The van der Waals surface area contributed by atoms with Gasteiger partial charge in [-0.3, -0.25) is 9.36 Å². The molecule has 2 aromatic carbocycles. The van der Waals surface area contributed by atoms with Crippen molar-refractivity contribution >= 4 is 45.3 Å².